The van der Waals surface area contributed by atoms with Crippen molar-refractivity contribution >= 4 is 0 Å². The van der Waals surface area contributed by atoms with Gasteiger partial charge in [-0.2, -0.15) is 0 Å². The van der Waals surface area contributed by atoms with Gasteiger partial charge in [-0.15, -0.1) is 0 Å². The first-order valence-corrected chi connectivity index (χ1v) is 6.94. The van der Waals surface area contributed by atoms with Gasteiger partial charge in [-0.05, 0) is 19.4 Å². The van der Waals surface area contributed by atoms with Crippen LogP contribution in [0, 0.1) is 11.6 Å². The highest BCUT2D eigenvalue weighted by Crippen LogP contribution is 2.25. The first kappa shape index (κ1) is 17.0. The second-order valence-electron chi connectivity index (χ2n) is 4.91. The van der Waals surface area contributed by atoms with Gasteiger partial charge < -0.3 is 10.5 Å². The van der Waals surface area contributed by atoms with Gasteiger partial charge >= 0.3 is 0 Å². The van der Waals surface area contributed by atoms with E-state index in [9.17, 15) is 8.78 Å². The Morgan fingerprint density at radius 3 is 2.55 bits per heavy atom. The summed E-state index contributed by atoms with van der Waals surface area (Å²) in [7, 11) is 1.63. The zero-order chi connectivity index (χ0) is 15.1. The standard InChI is InChI=1S/C15H24F2N2O/c1-4-11(2)19(7-8-20-3)15(10-18)13-6-5-12(16)9-14(13)17/h5-6,9,11,15H,4,7-8,10,18H2,1-3H3. The Morgan fingerprint density at radius 1 is 1.35 bits per heavy atom. The Morgan fingerprint density at radius 2 is 2.05 bits per heavy atom. The highest BCUT2D eigenvalue weighted by Gasteiger charge is 2.25. The molecular weight excluding hydrogens is 262 g/mol. The minimum Gasteiger partial charge on any atom is -0.383 e. The molecular formula is C15H24F2N2O. The van der Waals surface area contributed by atoms with E-state index < -0.39 is 11.6 Å². The van der Waals surface area contributed by atoms with Gasteiger partial charge in [-0.3, -0.25) is 4.90 Å². The molecule has 0 fully saturated rings. The van der Waals surface area contributed by atoms with Crippen molar-refractivity contribution in [1.29, 1.82) is 0 Å². The molecule has 0 bridgehead atoms. The molecule has 1 rings (SSSR count). The largest absolute Gasteiger partial charge is 0.383 e. The van der Waals surface area contributed by atoms with Crippen LogP contribution in [0.1, 0.15) is 31.9 Å². The van der Waals surface area contributed by atoms with E-state index in [1.165, 1.54) is 12.1 Å². The summed E-state index contributed by atoms with van der Waals surface area (Å²) in [6, 6.07) is 3.61. The van der Waals surface area contributed by atoms with Gasteiger partial charge in [0.05, 0.1) is 12.6 Å². The molecule has 0 aromatic heterocycles. The first-order chi connectivity index (χ1) is 9.54. The third kappa shape index (κ3) is 4.23. The Bertz CT molecular complexity index is 415. The van der Waals surface area contributed by atoms with Crippen molar-refractivity contribution in [2.45, 2.75) is 32.4 Å². The molecule has 1 aromatic rings. The van der Waals surface area contributed by atoms with Crippen LogP contribution >= 0.6 is 0 Å². The molecule has 0 saturated heterocycles. The van der Waals surface area contributed by atoms with Crippen molar-refractivity contribution in [2.24, 2.45) is 5.73 Å². The lowest BCUT2D eigenvalue weighted by atomic mass is 10.0. The normalized spacial score (nSPS) is 14.6. The Hall–Kier alpha value is -1.04. The molecule has 2 unspecified atom stereocenters. The van der Waals surface area contributed by atoms with E-state index in [1.54, 1.807) is 7.11 Å². The number of benzene rings is 1. The molecule has 2 N–H and O–H groups in total. The number of ether oxygens (including phenoxy) is 1. The van der Waals surface area contributed by atoms with E-state index >= 15 is 0 Å². The maximum absolute atomic E-state index is 14.0. The molecule has 5 heteroatoms. The molecule has 0 aliphatic heterocycles. The number of rotatable bonds is 8. The molecule has 2 atom stereocenters. The molecule has 114 valence electrons. The van der Waals surface area contributed by atoms with Crippen molar-refractivity contribution in [2.75, 3.05) is 26.8 Å². The van der Waals surface area contributed by atoms with Gasteiger partial charge in [0.15, 0.2) is 0 Å². The molecule has 0 saturated carbocycles. The van der Waals surface area contributed by atoms with Gasteiger partial charge in [-0.1, -0.05) is 13.0 Å². The van der Waals surface area contributed by atoms with Gasteiger partial charge in [0, 0.05) is 37.9 Å². The average Bonchev–Trinajstić information content (AvgIpc) is 2.44. The van der Waals surface area contributed by atoms with E-state index in [0.717, 1.165) is 12.5 Å². The number of nitrogens with two attached hydrogens (primary N) is 1. The number of hydrogen-bond donors (Lipinski definition) is 1. The molecule has 3 nitrogen and oxygen atoms in total. The predicted molar refractivity (Wildman–Crippen MR) is 76.5 cm³/mol. The zero-order valence-electron chi connectivity index (χ0n) is 12.4. The summed E-state index contributed by atoms with van der Waals surface area (Å²) in [5.74, 6) is -1.12. The van der Waals surface area contributed by atoms with Gasteiger partial charge in [0.25, 0.3) is 0 Å². The molecule has 1 aromatic carbocycles. The van der Waals surface area contributed by atoms with Crippen LogP contribution in [0.2, 0.25) is 0 Å². The van der Waals surface area contributed by atoms with Crippen molar-refractivity contribution < 1.29 is 13.5 Å². The van der Waals surface area contributed by atoms with Gasteiger partial charge in [0.1, 0.15) is 11.6 Å². The quantitative estimate of drug-likeness (QED) is 0.798. The summed E-state index contributed by atoms with van der Waals surface area (Å²) in [6.45, 7) is 5.61. The number of hydrogen-bond acceptors (Lipinski definition) is 3. The summed E-state index contributed by atoms with van der Waals surface area (Å²) < 4.78 is 32.1. The monoisotopic (exact) mass is 286 g/mol. The second kappa shape index (κ2) is 8.29. The van der Waals surface area contributed by atoms with Crippen LogP contribution in [0.3, 0.4) is 0 Å². The maximum Gasteiger partial charge on any atom is 0.130 e. The van der Waals surface area contributed by atoms with Crippen LogP contribution in [0.25, 0.3) is 0 Å². The van der Waals surface area contributed by atoms with Crippen molar-refractivity contribution in [3.63, 3.8) is 0 Å². The predicted octanol–water partition coefficient (Wildman–Crippen LogP) is 2.71. The maximum atomic E-state index is 14.0. The van der Waals surface area contributed by atoms with Gasteiger partial charge in [0.2, 0.25) is 0 Å². The summed E-state index contributed by atoms with van der Waals surface area (Å²) >= 11 is 0. The molecule has 0 spiro atoms. The second-order valence-corrected chi connectivity index (χ2v) is 4.91. The number of methoxy groups -OCH3 is 1. The molecule has 20 heavy (non-hydrogen) atoms. The average molecular weight is 286 g/mol. The summed E-state index contributed by atoms with van der Waals surface area (Å²) in [4.78, 5) is 2.11. The van der Waals surface area contributed by atoms with Crippen molar-refractivity contribution in [3.8, 4) is 0 Å². The van der Waals surface area contributed by atoms with E-state index in [1.807, 2.05) is 0 Å². The lowest BCUT2D eigenvalue weighted by molar-refractivity contribution is 0.0888. The molecule has 0 aliphatic rings. The van der Waals surface area contributed by atoms with E-state index in [0.29, 0.717) is 18.7 Å². The fourth-order valence-corrected chi connectivity index (χ4v) is 2.33. The van der Waals surface area contributed by atoms with E-state index in [4.69, 9.17) is 10.5 Å². The Balaban J connectivity index is 3.04. The Labute approximate surface area is 119 Å². The third-order valence-electron chi connectivity index (χ3n) is 3.66. The lowest BCUT2D eigenvalue weighted by Crippen LogP contribution is -2.42. The smallest absolute Gasteiger partial charge is 0.130 e. The summed E-state index contributed by atoms with van der Waals surface area (Å²) in [6.07, 6.45) is 0.920. The van der Waals surface area contributed by atoms with Crippen LogP contribution in [0.15, 0.2) is 18.2 Å². The lowest BCUT2D eigenvalue weighted by Gasteiger charge is -2.36. The van der Waals surface area contributed by atoms with E-state index in [-0.39, 0.29) is 18.6 Å². The molecule has 0 radical (unpaired) electrons. The summed E-state index contributed by atoms with van der Waals surface area (Å²) in [5, 5.41) is 0. The Kier molecular flexibility index (Phi) is 7.05. The van der Waals surface area contributed by atoms with Crippen molar-refractivity contribution in [3.05, 3.63) is 35.4 Å². The molecule has 0 aliphatic carbocycles. The zero-order valence-corrected chi connectivity index (χ0v) is 12.4. The number of nitrogens with zero attached hydrogens (tertiary/aromatic N) is 1. The fraction of sp³-hybridized carbons (Fsp3) is 0.600. The van der Waals surface area contributed by atoms with Crippen LogP contribution in [-0.4, -0.2) is 37.7 Å². The SMILES string of the molecule is CCC(C)N(CCOC)C(CN)c1ccc(F)cc1F. The third-order valence-corrected chi connectivity index (χ3v) is 3.66. The van der Waals surface area contributed by atoms with Crippen LogP contribution < -0.4 is 5.73 Å². The van der Waals surface area contributed by atoms with Crippen molar-refractivity contribution in [1.82, 2.24) is 4.90 Å². The highest BCUT2D eigenvalue weighted by molar-refractivity contribution is 5.23. The minimum absolute atomic E-state index is 0.239. The topological polar surface area (TPSA) is 38.5 Å². The fourth-order valence-electron chi connectivity index (χ4n) is 2.33. The first-order valence-electron chi connectivity index (χ1n) is 6.94. The molecule has 0 amide bonds. The van der Waals surface area contributed by atoms with Crippen LogP contribution in [0.4, 0.5) is 8.78 Å². The van der Waals surface area contributed by atoms with Gasteiger partial charge in [-0.25, -0.2) is 8.78 Å². The highest BCUT2D eigenvalue weighted by atomic mass is 19.1. The van der Waals surface area contributed by atoms with Crippen LogP contribution in [0.5, 0.6) is 0 Å². The van der Waals surface area contributed by atoms with E-state index in [2.05, 4.69) is 18.7 Å². The summed E-state index contributed by atoms with van der Waals surface area (Å²) in [5.41, 5.74) is 6.27. The van der Waals surface area contributed by atoms with Crippen LogP contribution in [-0.2, 0) is 4.74 Å². The number of halogens is 2. The molecule has 0 heterocycles. The minimum atomic E-state index is -0.575.